The molecule has 2 heterocycles. The molecular weight excluding hydrogens is 414 g/mol. The number of rotatable bonds is 1. The molecule has 1 aliphatic rings. The molecule has 3 nitrogen and oxygen atoms in total. The molecule has 0 N–H and O–H groups in total. The highest BCUT2D eigenvalue weighted by Gasteiger charge is 2.32. The Kier molecular flexibility index (Phi) is 3.24. The van der Waals surface area contributed by atoms with Crippen LogP contribution in [0.15, 0.2) is 36.5 Å². The molecule has 0 saturated heterocycles. The number of aromatic nitrogens is 3. The van der Waals surface area contributed by atoms with Crippen LogP contribution in [-0.4, -0.2) is 9.55 Å². The second-order valence-corrected chi connectivity index (χ2v) is 10.9. The Morgan fingerprint density at radius 3 is 2.59 bits per heavy atom. The van der Waals surface area contributed by atoms with Gasteiger partial charge in [-0.2, -0.15) is 0 Å². The van der Waals surface area contributed by atoms with Crippen LogP contribution in [0.25, 0.3) is 43.5 Å². The molecule has 0 atom stereocenters. The van der Waals surface area contributed by atoms with Gasteiger partial charge in [0.05, 0.1) is 21.8 Å². The van der Waals surface area contributed by atoms with Crippen molar-refractivity contribution in [2.75, 3.05) is 0 Å². The van der Waals surface area contributed by atoms with Crippen LogP contribution in [0.5, 0.6) is 0 Å². The summed E-state index contributed by atoms with van der Waals surface area (Å²) in [5, 5.41) is 4.35. The van der Waals surface area contributed by atoms with Gasteiger partial charge in [0.15, 0.2) is 6.20 Å². The van der Waals surface area contributed by atoms with Crippen molar-refractivity contribution in [3.8, 4) is 0 Å². The Morgan fingerprint density at radius 2 is 1.85 bits per heavy atom. The van der Waals surface area contributed by atoms with Crippen LogP contribution in [0.3, 0.4) is 0 Å². The molecule has 3 aromatic carbocycles. The van der Waals surface area contributed by atoms with Crippen LogP contribution < -0.4 is 4.57 Å². The fourth-order valence-electron chi connectivity index (χ4n) is 6.04. The maximum atomic E-state index is 9.89. The summed E-state index contributed by atoms with van der Waals surface area (Å²) >= 11 is 0. The first-order valence-electron chi connectivity index (χ1n) is 15.6. The fraction of sp³-hybridized carbons (Fsp3) is 0.419. The molecule has 1 fully saturated rings. The van der Waals surface area contributed by atoms with Crippen molar-refractivity contribution in [2.45, 2.75) is 66.1 Å². The predicted octanol–water partition coefficient (Wildman–Crippen LogP) is 7.47. The third-order valence-corrected chi connectivity index (χ3v) is 8.02. The first-order chi connectivity index (χ1) is 18.9. The minimum Gasteiger partial charge on any atom is -0.331 e. The average molecular weight is 458 g/mol. The van der Waals surface area contributed by atoms with Gasteiger partial charge in [-0.1, -0.05) is 32.0 Å². The van der Waals surface area contributed by atoms with Gasteiger partial charge in [-0.3, -0.25) is 0 Å². The molecule has 0 bridgehead atoms. The predicted molar refractivity (Wildman–Crippen MR) is 144 cm³/mol. The number of hydrogen-bond acceptors (Lipinski definition) is 1. The Balaban J connectivity index is 1.92. The molecule has 0 radical (unpaired) electrons. The van der Waals surface area contributed by atoms with E-state index in [0.717, 1.165) is 50.9 Å². The van der Waals surface area contributed by atoms with Gasteiger partial charge >= 0.3 is 0 Å². The summed E-state index contributed by atoms with van der Waals surface area (Å²) in [5.74, 6) is -0.718. The van der Waals surface area contributed by atoms with E-state index in [1.807, 2.05) is 29.8 Å². The van der Waals surface area contributed by atoms with E-state index in [9.17, 15) is 1.37 Å². The van der Waals surface area contributed by atoms with Gasteiger partial charge in [0.25, 0.3) is 0 Å². The van der Waals surface area contributed by atoms with E-state index in [1.165, 1.54) is 4.57 Å². The summed E-state index contributed by atoms with van der Waals surface area (Å²) in [7, 11) is 1.87. The van der Waals surface area contributed by atoms with Crippen LogP contribution in [0, 0.1) is 26.1 Å². The van der Waals surface area contributed by atoms with Gasteiger partial charge in [0.1, 0.15) is 12.9 Å². The van der Waals surface area contributed by atoms with Crippen LogP contribution in [0.2, 0.25) is 0 Å². The molecule has 34 heavy (non-hydrogen) atoms. The Labute approximate surface area is 212 Å². The van der Waals surface area contributed by atoms with Crippen molar-refractivity contribution >= 4 is 43.5 Å². The van der Waals surface area contributed by atoms with Gasteiger partial charge in [-0.25, -0.2) is 9.55 Å². The van der Waals surface area contributed by atoms with Crippen LogP contribution >= 0.6 is 0 Å². The van der Waals surface area contributed by atoms with E-state index in [1.54, 1.807) is 13.1 Å². The van der Waals surface area contributed by atoms with Gasteiger partial charge < -0.3 is 4.57 Å². The third-order valence-electron chi connectivity index (χ3n) is 8.02. The topological polar surface area (TPSA) is 21.7 Å². The molecule has 1 aliphatic carbocycles. The largest absolute Gasteiger partial charge is 0.331 e. The number of pyridine rings is 1. The molecule has 3 heteroatoms. The second-order valence-electron chi connectivity index (χ2n) is 10.9. The third kappa shape index (κ3) is 3.02. The lowest BCUT2D eigenvalue weighted by atomic mass is 9.70. The van der Waals surface area contributed by atoms with Crippen molar-refractivity contribution in [1.82, 2.24) is 9.55 Å². The summed E-state index contributed by atoms with van der Waals surface area (Å²) in [6.45, 7) is 3.30. The van der Waals surface area contributed by atoms with E-state index in [2.05, 4.69) is 37.9 Å². The van der Waals surface area contributed by atoms with Crippen molar-refractivity contribution in [1.29, 1.82) is 0 Å². The minimum absolute atomic E-state index is 0.0845. The quantitative estimate of drug-likeness (QED) is 0.189. The standard InChI is InChI=1S/C31H36N3/c1-18-9-8-10-22-23-15-25-26(34(7)20(3)32-25)16-24(23)29-27(21-11-13-31(4,5)14-12-21)19(2)17-33(6)30(29)28(18)22/h8-10,15-17,21H,11-14H2,1-7H3/q+1/i2D3,7D3,21D. The van der Waals surface area contributed by atoms with Crippen molar-refractivity contribution in [3.05, 3.63) is 59.0 Å². The summed E-state index contributed by atoms with van der Waals surface area (Å²) in [4.78, 5) is 4.63. The maximum Gasteiger partial charge on any atom is 0.221 e. The highest BCUT2D eigenvalue weighted by molar-refractivity contribution is 6.26. The number of nitrogens with zero attached hydrogens (tertiary/aromatic N) is 3. The molecule has 5 aromatic rings. The lowest BCUT2D eigenvalue weighted by Crippen LogP contribution is -2.31. The maximum absolute atomic E-state index is 9.89. The monoisotopic (exact) mass is 457 g/mol. The van der Waals surface area contributed by atoms with Crippen molar-refractivity contribution in [2.24, 2.45) is 19.4 Å². The molecule has 0 unspecified atom stereocenters. The van der Waals surface area contributed by atoms with Gasteiger partial charge in [-0.15, -0.1) is 0 Å². The van der Waals surface area contributed by atoms with Crippen LogP contribution in [0.4, 0.5) is 0 Å². The number of imidazole rings is 1. The molecule has 0 aliphatic heterocycles. The lowest BCUT2D eigenvalue weighted by Gasteiger charge is -2.35. The van der Waals surface area contributed by atoms with E-state index in [4.69, 9.17) is 8.22 Å². The van der Waals surface area contributed by atoms with Gasteiger partial charge in [-0.05, 0) is 97.1 Å². The van der Waals surface area contributed by atoms with Gasteiger partial charge in [0.2, 0.25) is 5.52 Å². The van der Waals surface area contributed by atoms with Crippen molar-refractivity contribution < 1.29 is 14.2 Å². The molecule has 1 saturated carbocycles. The number of aryl methyl sites for hydroxylation is 5. The van der Waals surface area contributed by atoms with Crippen LogP contribution in [0.1, 0.15) is 77.5 Å². The zero-order chi connectivity index (χ0) is 29.9. The molecular formula is C31H36N3+. The highest BCUT2D eigenvalue weighted by Crippen LogP contribution is 2.47. The molecule has 2 aromatic heterocycles. The Bertz CT molecular complexity index is 1880. The summed E-state index contributed by atoms with van der Waals surface area (Å²) in [6.07, 6.45) is 4.44. The first-order valence-corrected chi connectivity index (χ1v) is 12.1. The van der Waals surface area contributed by atoms with Crippen LogP contribution in [-0.2, 0) is 14.0 Å². The zero-order valence-corrected chi connectivity index (χ0v) is 20.6. The zero-order valence-electron chi connectivity index (χ0n) is 27.6. The van der Waals surface area contributed by atoms with E-state index >= 15 is 0 Å². The average Bonchev–Trinajstić information content (AvgIpc) is 3.19. The second kappa shape index (κ2) is 7.28. The normalized spacial score (nSPS) is 21.6. The number of hydrogen-bond donors (Lipinski definition) is 0. The number of benzene rings is 3. The van der Waals surface area contributed by atoms with E-state index < -0.39 is 19.7 Å². The Hall–Kier alpha value is -2.94. The summed E-state index contributed by atoms with van der Waals surface area (Å²) < 4.78 is 63.4. The van der Waals surface area contributed by atoms with E-state index in [-0.39, 0.29) is 11.0 Å². The smallest absolute Gasteiger partial charge is 0.221 e. The minimum atomic E-state index is -2.43. The summed E-state index contributed by atoms with van der Waals surface area (Å²) in [5.41, 5.74) is 3.78. The lowest BCUT2D eigenvalue weighted by molar-refractivity contribution is -0.644. The molecule has 6 rings (SSSR count). The van der Waals surface area contributed by atoms with Gasteiger partial charge in [0, 0.05) is 22.1 Å². The highest BCUT2D eigenvalue weighted by atomic mass is 15.0. The SMILES string of the molecule is [2H]C([2H])([2H])c1c[n+](C)c2c3c(C)cccc3c3cc4nc(C)n(C([2H])([2H])[2H])c4cc3c2c1C1([2H])CCC(C)(C)CC1. The Morgan fingerprint density at radius 1 is 1.06 bits per heavy atom. The summed E-state index contributed by atoms with van der Waals surface area (Å²) in [6, 6.07) is 9.92. The fourth-order valence-corrected chi connectivity index (χ4v) is 6.04. The molecule has 0 spiro atoms. The van der Waals surface area contributed by atoms with E-state index in [0.29, 0.717) is 35.3 Å². The molecule has 174 valence electrons. The number of fused-ring (bicyclic) bond motifs is 7. The van der Waals surface area contributed by atoms with Crippen molar-refractivity contribution in [3.63, 3.8) is 0 Å². The molecule has 0 amide bonds. The first kappa shape index (κ1) is 15.1.